The average molecular weight is 313 g/mol. The molecule has 1 aliphatic carbocycles. The average Bonchev–Trinajstić information content (AvgIpc) is 3.09. The first-order valence-electron chi connectivity index (χ1n) is 7.62. The summed E-state index contributed by atoms with van der Waals surface area (Å²) in [5.41, 5.74) is 1.06. The van der Waals surface area contributed by atoms with Crippen molar-refractivity contribution in [1.82, 2.24) is 10.6 Å². The van der Waals surface area contributed by atoms with Gasteiger partial charge in [0.2, 0.25) is 0 Å². The van der Waals surface area contributed by atoms with Gasteiger partial charge >= 0.3 is 0 Å². The molecular weight excluding hydrogens is 290 g/mol. The molecule has 0 aromatic heterocycles. The summed E-state index contributed by atoms with van der Waals surface area (Å²) in [7, 11) is 3.38. The van der Waals surface area contributed by atoms with E-state index in [0.29, 0.717) is 24.1 Å². The van der Waals surface area contributed by atoms with Crippen LogP contribution in [0.15, 0.2) is 35.3 Å². The Labute approximate surface area is 137 Å². The molecule has 1 aromatic rings. The topological polar surface area (TPSA) is 54.9 Å². The zero-order valence-corrected chi connectivity index (χ0v) is 13.6. The Balaban J connectivity index is 1.94. The minimum Gasteiger partial charge on any atom is -0.493 e. The minimum absolute atomic E-state index is 0.213. The monoisotopic (exact) mass is 313 g/mol. The van der Waals surface area contributed by atoms with E-state index in [4.69, 9.17) is 15.9 Å². The molecule has 0 bridgehead atoms. The van der Waals surface area contributed by atoms with Crippen molar-refractivity contribution >= 4 is 5.96 Å². The normalized spacial score (nSPS) is 14.4. The van der Waals surface area contributed by atoms with Crippen LogP contribution in [0.2, 0.25) is 0 Å². The molecule has 122 valence electrons. The number of hydrogen-bond acceptors (Lipinski definition) is 3. The molecule has 0 spiro atoms. The number of ether oxygens (including phenoxy) is 2. The van der Waals surface area contributed by atoms with Crippen LogP contribution in [-0.2, 0) is 6.54 Å². The number of aliphatic imine (C=N–C) groups is 1. The number of terminal acetylenes is 1. The highest BCUT2D eigenvalue weighted by molar-refractivity contribution is 5.80. The maximum Gasteiger partial charge on any atom is 0.191 e. The van der Waals surface area contributed by atoms with Gasteiger partial charge in [-0.3, -0.25) is 4.99 Å². The Kier molecular flexibility index (Phi) is 6.37. The minimum atomic E-state index is 0.213. The van der Waals surface area contributed by atoms with Crippen molar-refractivity contribution in [3.8, 4) is 23.8 Å². The first-order valence-corrected chi connectivity index (χ1v) is 7.62. The quantitative estimate of drug-likeness (QED) is 0.365. The van der Waals surface area contributed by atoms with Crippen LogP contribution in [0.4, 0.5) is 0 Å². The van der Waals surface area contributed by atoms with Crippen LogP contribution in [0.1, 0.15) is 18.4 Å². The van der Waals surface area contributed by atoms with E-state index in [1.165, 1.54) is 0 Å². The molecule has 0 atom stereocenters. The van der Waals surface area contributed by atoms with Gasteiger partial charge in [-0.1, -0.05) is 24.1 Å². The SMILES string of the molecule is C#CCOc1cc(CNC(=NC)NC2CC=CC2)ccc1OC. The summed E-state index contributed by atoms with van der Waals surface area (Å²) < 4.78 is 10.8. The summed E-state index contributed by atoms with van der Waals surface area (Å²) in [6, 6.07) is 6.21. The zero-order chi connectivity index (χ0) is 16.5. The van der Waals surface area contributed by atoms with E-state index in [0.717, 1.165) is 24.4 Å². The Morgan fingerprint density at radius 3 is 2.78 bits per heavy atom. The summed E-state index contributed by atoms with van der Waals surface area (Å²) in [5, 5.41) is 6.71. The van der Waals surface area contributed by atoms with Crippen molar-refractivity contribution in [2.24, 2.45) is 4.99 Å². The number of rotatable bonds is 6. The molecule has 2 rings (SSSR count). The van der Waals surface area contributed by atoms with E-state index < -0.39 is 0 Å². The van der Waals surface area contributed by atoms with E-state index in [-0.39, 0.29) is 6.61 Å². The van der Waals surface area contributed by atoms with Gasteiger partial charge in [-0.05, 0) is 30.5 Å². The van der Waals surface area contributed by atoms with Crippen LogP contribution in [0.5, 0.6) is 11.5 Å². The summed E-state index contributed by atoms with van der Waals surface area (Å²) in [5.74, 6) is 4.57. The van der Waals surface area contributed by atoms with Gasteiger partial charge in [-0.25, -0.2) is 0 Å². The molecule has 0 amide bonds. The molecule has 0 heterocycles. The lowest BCUT2D eigenvalue weighted by Crippen LogP contribution is -2.42. The highest BCUT2D eigenvalue weighted by atomic mass is 16.5. The lowest BCUT2D eigenvalue weighted by Gasteiger charge is -2.17. The molecule has 0 radical (unpaired) electrons. The third-order valence-corrected chi connectivity index (χ3v) is 3.57. The van der Waals surface area contributed by atoms with Crippen molar-refractivity contribution in [3.05, 3.63) is 35.9 Å². The maximum atomic E-state index is 5.52. The van der Waals surface area contributed by atoms with Crippen LogP contribution >= 0.6 is 0 Å². The van der Waals surface area contributed by atoms with Gasteiger partial charge in [0, 0.05) is 19.6 Å². The fourth-order valence-corrected chi connectivity index (χ4v) is 2.37. The molecule has 0 saturated heterocycles. The number of guanidine groups is 1. The number of hydrogen-bond donors (Lipinski definition) is 2. The predicted molar refractivity (Wildman–Crippen MR) is 92.8 cm³/mol. The third kappa shape index (κ3) is 4.96. The molecule has 1 aliphatic rings. The van der Waals surface area contributed by atoms with Crippen molar-refractivity contribution < 1.29 is 9.47 Å². The van der Waals surface area contributed by atoms with E-state index in [2.05, 4.69) is 33.7 Å². The van der Waals surface area contributed by atoms with Crippen molar-refractivity contribution in [2.45, 2.75) is 25.4 Å². The molecule has 5 nitrogen and oxygen atoms in total. The van der Waals surface area contributed by atoms with Gasteiger partial charge < -0.3 is 20.1 Å². The smallest absolute Gasteiger partial charge is 0.191 e. The molecular formula is C18H23N3O2. The molecule has 0 aliphatic heterocycles. The van der Waals surface area contributed by atoms with Crippen molar-refractivity contribution in [3.63, 3.8) is 0 Å². The molecule has 2 N–H and O–H groups in total. The van der Waals surface area contributed by atoms with Gasteiger partial charge in [0.25, 0.3) is 0 Å². The van der Waals surface area contributed by atoms with Crippen molar-refractivity contribution in [1.29, 1.82) is 0 Å². The van der Waals surface area contributed by atoms with Crippen LogP contribution in [0.3, 0.4) is 0 Å². The van der Waals surface area contributed by atoms with Gasteiger partial charge in [-0.15, -0.1) is 6.42 Å². The van der Waals surface area contributed by atoms with Crippen LogP contribution in [-0.4, -0.2) is 32.8 Å². The second kappa shape index (κ2) is 8.74. The largest absolute Gasteiger partial charge is 0.493 e. The van der Waals surface area contributed by atoms with Gasteiger partial charge in [0.1, 0.15) is 6.61 Å². The van der Waals surface area contributed by atoms with Gasteiger partial charge in [0.15, 0.2) is 17.5 Å². The molecule has 1 aromatic carbocycles. The van der Waals surface area contributed by atoms with E-state index >= 15 is 0 Å². The molecule has 0 saturated carbocycles. The second-order valence-corrected chi connectivity index (χ2v) is 5.19. The highest BCUT2D eigenvalue weighted by Crippen LogP contribution is 2.27. The fourth-order valence-electron chi connectivity index (χ4n) is 2.37. The second-order valence-electron chi connectivity index (χ2n) is 5.19. The number of nitrogens with zero attached hydrogens (tertiary/aromatic N) is 1. The third-order valence-electron chi connectivity index (χ3n) is 3.57. The first-order chi connectivity index (χ1) is 11.3. The van der Waals surface area contributed by atoms with Crippen LogP contribution in [0.25, 0.3) is 0 Å². The maximum absolute atomic E-state index is 5.52. The van der Waals surface area contributed by atoms with Crippen LogP contribution < -0.4 is 20.1 Å². The first kappa shape index (κ1) is 16.8. The predicted octanol–water partition coefficient (Wildman–Crippen LogP) is 2.09. The molecule has 0 unspecified atom stereocenters. The Morgan fingerprint density at radius 2 is 2.13 bits per heavy atom. The highest BCUT2D eigenvalue weighted by Gasteiger charge is 2.12. The number of nitrogens with one attached hydrogen (secondary N) is 2. The Morgan fingerprint density at radius 1 is 1.35 bits per heavy atom. The zero-order valence-electron chi connectivity index (χ0n) is 13.6. The van der Waals surface area contributed by atoms with Gasteiger partial charge in [0.05, 0.1) is 7.11 Å². The van der Waals surface area contributed by atoms with E-state index in [9.17, 15) is 0 Å². The number of methoxy groups -OCH3 is 1. The summed E-state index contributed by atoms with van der Waals surface area (Å²) in [4.78, 5) is 4.26. The molecule has 23 heavy (non-hydrogen) atoms. The molecule has 5 heteroatoms. The van der Waals surface area contributed by atoms with Crippen molar-refractivity contribution in [2.75, 3.05) is 20.8 Å². The van der Waals surface area contributed by atoms with Crippen LogP contribution in [0, 0.1) is 12.3 Å². The number of benzene rings is 1. The Hall–Kier alpha value is -2.61. The fraction of sp³-hybridized carbons (Fsp3) is 0.389. The summed E-state index contributed by atoms with van der Waals surface area (Å²) in [6.07, 6.45) is 11.7. The summed E-state index contributed by atoms with van der Waals surface area (Å²) in [6.45, 7) is 0.849. The molecule has 0 fully saturated rings. The lowest BCUT2D eigenvalue weighted by molar-refractivity contribution is 0.330. The standard InChI is InChI=1S/C18H23N3O2/c1-4-11-23-17-12-14(9-10-16(17)22-3)13-20-18(19-2)21-15-7-5-6-8-15/h1,5-6,9-10,12,15H,7-8,11,13H2,2-3H3,(H2,19,20,21). The summed E-state index contributed by atoms with van der Waals surface area (Å²) >= 11 is 0. The Bertz CT molecular complexity index is 609. The van der Waals surface area contributed by atoms with E-state index in [1.54, 1.807) is 14.2 Å². The lowest BCUT2D eigenvalue weighted by atomic mass is 10.2. The van der Waals surface area contributed by atoms with Gasteiger partial charge in [-0.2, -0.15) is 0 Å². The van der Waals surface area contributed by atoms with E-state index in [1.807, 2.05) is 18.2 Å².